The van der Waals surface area contributed by atoms with Gasteiger partial charge in [0.2, 0.25) is 0 Å². The van der Waals surface area contributed by atoms with Crippen molar-refractivity contribution in [3.05, 3.63) is 33.9 Å². The Labute approximate surface area is 124 Å². The molecule has 1 atom stereocenters. The highest BCUT2D eigenvalue weighted by Gasteiger charge is 2.26. The van der Waals surface area contributed by atoms with Gasteiger partial charge in [-0.3, -0.25) is 14.9 Å². The van der Waals surface area contributed by atoms with Crippen LogP contribution in [0.25, 0.3) is 0 Å². The Morgan fingerprint density at radius 2 is 2.24 bits per heavy atom. The van der Waals surface area contributed by atoms with Crippen LogP contribution in [0.2, 0.25) is 0 Å². The molecule has 1 amide bonds. The van der Waals surface area contributed by atoms with Crippen LogP contribution in [0, 0.1) is 16.0 Å². The van der Waals surface area contributed by atoms with E-state index in [4.69, 9.17) is 0 Å². The van der Waals surface area contributed by atoms with Crippen molar-refractivity contribution >= 4 is 17.3 Å². The van der Waals surface area contributed by atoms with Crippen LogP contribution in [0.4, 0.5) is 11.4 Å². The zero-order chi connectivity index (χ0) is 15.4. The van der Waals surface area contributed by atoms with Gasteiger partial charge in [-0.25, -0.2) is 0 Å². The maximum atomic E-state index is 12.5. The molecule has 0 saturated carbocycles. The van der Waals surface area contributed by atoms with Gasteiger partial charge in [-0.15, -0.1) is 0 Å². The smallest absolute Gasteiger partial charge is 0.292 e. The van der Waals surface area contributed by atoms with Gasteiger partial charge in [0.1, 0.15) is 5.69 Å². The molecular weight excluding hydrogens is 270 g/mol. The Morgan fingerprint density at radius 3 is 2.81 bits per heavy atom. The van der Waals surface area contributed by atoms with Crippen molar-refractivity contribution in [3.8, 4) is 0 Å². The molecule has 6 heteroatoms. The molecule has 0 radical (unpaired) electrons. The van der Waals surface area contributed by atoms with Gasteiger partial charge in [0.15, 0.2) is 0 Å². The van der Waals surface area contributed by atoms with Gasteiger partial charge >= 0.3 is 0 Å². The largest absolute Gasteiger partial charge is 0.380 e. The second kappa shape index (κ2) is 6.56. The van der Waals surface area contributed by atoms with E-state index in [0.717, 1.165) is 25.9 Å². The summed E-state index contributed by atoms with van der Waals surface area (Å²) in [5, 5.41) is 13.9. The van der Waals surface area contributed by atoms with Crippen LogP contribution in [0.1, 0.15) is 37.0 Å². The van der Waals surface area contributed by atoms with Gasteiger partial charge in [-0.1, -0.05) is 13.3 Å². The first-order valence-electron chi connectivity index (χ1n) is 7.38. The molecule has 1 aromatic carbocycles. The van der Waals surface area contributed by atoms with Crippen LogP contribution in [0.5, 0.6) is 0 Å². The van der Waals surface area contributed by atoms with Crippen molar-refractivity contribution in [2.45, 2.75) is 26.7 Å². The number of anilines is 1. The van der Waals surface area contributed by atoms with Crippen LogP contribution in [-0.2, 0) is 0 Å². The van der Waals surface area contributed by atoms with Crippen molar-refractivity contribution in [3.63, 3.8) is 0 Å². The highest BCUT2D eigenvalue weighted by Crippen LogP contribution is 2.27. The highest BCUT2D eigenvalue weighted by atomic mass is 16.6. The summed E-state index contributed by atoms with van der Waals surface area (Å²) in [7, 11) is 0. The lowest BCUT2D eigenvalue weighted by atomic mass is 10.1. The van der Waals surface area contributed by atoms with Crippen molar-refractivity contribution in [1.82, 2.24) is 4.90 Å². The minimum atomic E-state index is -0.435. The van der Waals surface area contributed by atoms with E-state index in [1.807, 2.05) is 11.8 Å². The fourth-order valence-corrected chi connectivity index (χ4v) is 2.69. The maximum Gasteiger partial charge on any atom is 0.292 e. The number of rotatable bonds is 5. The third kappa shape index (κ3) is 3.32. The summed E-state index contributed by atoms with van der Waals surface area (Å²) in [4.78, 5) is 24.9. The molecule has 21 heavy (non-hydrogen) atoms. The van der Waals surface area contributed by atoms with E-state index in [1.54, 1.807) is 12.1 Å². The predicted molar refractivity (Wildman–Crippen MR) is 81.6 cm³/mol. The van der Waals surface area contributed by atoms with Crippen LogP contribution in [-0.4, -0.2) is 35.4 Å². The first kappa shape index (κ1) is 15.3. The standard InChI is InChI=1S/C15H21N3O3/c1-3-11-7-8-17(10-11)15(19)12-5-6-14(18(20)21)13(9-12)16-4-2/h5-6,9,11,16H,3-4,7-8,10H2,1-2H3. The molecular formula is C15H21N3O3. The fraction of sp³-hybridized carbons (Fsp3) is 0.533. The van der Waals surface area contributed by atoms with Crippen molar-refractivity contribution in [2.24, 2.45) is 5.92 Å². The number of hydrogen-bond donors (Lipinski definition) is 1. The van der Waals surface area contributed by atoms with Gasteiger partial charge in [-0.2, -0.15) is 0 Å². The number of carbonyl (C=O) groups is 1. The molecule has 1 heterocycles. The second-order valence-corrected chi connectivity index (χ2v) is 5.33. The van der Waals surface area contributed by atoms with E-state index < -0.39 is 4.92 Å². The molecule has 1 fully saturated rings. The van der Waals surface area contributed by atoms with Gasteiger partial charge in [0.05, 0.1) is 4.92 Å². The lowest BCUT2D eigenvalue weighted by Crippen LogP contribution is -2.28. The van der Waals surface area contributed by atoms with Crippen LogP contribution in [0.15, 0.2) is 18.2 Å². The molecule has 0 spiro atoms. The van der Waals surface area contributed by atoms with E-state index in [9.17, 15) is 14.9 Å². The molecule has 2 rings (SSSR count). The number of amides is 1. The minimum Gasteiger partial charge on any atom is -0.380 e. The summed E-state index contributed by atoms with van der Waals surface area (Å²) in [6.45, 7) is 6.12. The maximum absolute atomic E-state index is 12.5. The average Bonchev–Trinajstić information content (AvgIpc) is 2.95. The molecule has 1 aliphatic rings. The molecule has 6 nitrogen and oxygen atoms in total. The van der Waals surface area contributed by atoms with E-state index in [1.165, 1.54) is 6.07 Å². The molecule has 0 aliphatic carbocycles. The Kier molecular flexibility index (Phi) is 4.77. The van der Waals surface area contributed by atoms with Crippen molar-refractivity contribution in [1.29, 1.82) is 0 Å². The normalized spacial score (nSPS) is 17.8. The summed E-state index contributed by atoms with van der Waals surface area (Å²) in [5.74, 6) is 0.528. The van der Waals surface area contributed by atoms with Gasteiger partial charge in [-0.05, 0) is 31.4 Å². The third-order valence-electron chi connectivity index (χ3n) is 3.96. The van der Waals surface area contributed by atoms with Crippen LogP contribution < -0.4 is 5.32 Å². The molecule has 114 valence electrons. The zero-order valence-electron chi connectivity index (χ0n) is 12.5. The average molecular weight is 291 g/mol. The predicted octanol–water partition coefficient (Wildman–Crippen LogP) is 2.90. The second-order valence-electron chi connectivity index (χ2n) is 5.33. The Hall–Kier alpha value is -2.11. The Balaban J connectivity index is 2.22. The molecule has 1 aliphatic heterocycles. The molecule has 1 N–H and O–H groups in total. The van der Waals surface area contributed by atoms with E-state index in [2.05, 4.69) is 12.2 Å². The summed E-state index contributed by atoms with van der Waals surface area (Å²) in [6, 6.07) is 4.53. The summed E-state index contributed by atoms with van der Waals surface area (Å²) in [5.41, 5.74) is 0.911. The van der Waals surface area contributed by atoms with E-state index in [-0.39, 0.29) is 11.6 Å². The van der Waals surface area contributed by atoms with Gasteiger partial charge < -0.3 is 10.2 Å². The first-order chi connectivity index (χ1) is 10.1. The number of hydrogen-bond acceptors (Lipinski definition) is 4. The van der Waals surface area contributed by atoms with Crippen molar-refractivity contribution in [2.75, 3.05) is 25.0 Å². The van der Waals surface area contributed by atoms with Crippen LogP contribution >= 0.6 is 0 Å². The molecule has 1 unspecified atom stereocenters. The zero-order valence-corrected chi connectivity index (χ0v) is 12.5. The third-order valence-corrected chi connectivity index (χ3v) is 3.96. The van der Waals surface area contributed by atoms with E-state index >= 15 is 0 Å². The molecule has 0 bridgehead atoms. The lowest BCUT2D eigenvalue weighted by Gasteiger charge is -2.17. The van der Waals surface area contributed by atoms with Gasteiger partial charge in [0.25, 0.3) is 11.6 Å². The minimum absolute atomic E-state index is 0.00116. The number of nitro benzene ring substituents is 1. The number of benzene rings is 1. The monoisotopic (exact) mass is 291 g/mol. The summed E-state index contributed by atoms with van der Waals surface area (Å²) < 4.78 is 0. The topological polar surface area (TPSA) is 75.5 Å². The molecule has 0 aromatic heterocycles. The summed E-state index contributed by atoms with van der Waals surface area (Å²) >= 11 is 0. The Bertz CT molecular complexity index is 545. The number of nitro groups is 1. The molecule has 1 saturated heterocycles. The summed E-state index contributed by atoms with van der Waals surface area (Å²) in [6.07, 6.45) is 2.11. The number of nitrogens with zero attached hydrogens (tertiary/aromatic N) is 2. The van der Waals surface area contributed by atoms with Crippen molar-refractivity contribution < 1.29 is 9.72 Å². The first-order valence-corrected chi connectivity index (χ1v) is 7.38. The quantitative estimate of drug-likeness (QED) is 0.668. The molecule has 1 aromatic rings. The van der Waals surface area contributed by atoms with Gasteiger partial charge in [0, 0.05) is 31.3 Å². The van der Waals surface area contributed by atoms with Crippen LogP contribution in [0.3, 0.4) is 0 Å². The SMILES string of the molecule is CCNc1cc(C(=O)N2CCC(CC)C2)ccc1[N+](=O)[O-]. The number of likely N-dealkylation sites (tertiary alicyclic amines) is 1. The number of carbonyl (C=O) groups excluding carboxylic acids is 1. The van der Waals surface area contributed by atoms with E-state index in [0.29, 0.717) is 23.7 Å². The highest BCUT2D eigenvalue weighted by molar-refractivity contribution is 5.96. The fourth-order valence-electron chi connectivity index (χ4n) is 2.69. The lowest BCUT2D eigenvalue weighted by molar-refractivity contribution is -0.384. The Morgan fingerprint density at radius 1 is 1.48 bits per heavy atom. The number of nitrogens with one attached hydrogen (secondary N) is 1.